The van der Waals surface area contributed by atoms with E-state index in [1.54, 1.807) is 24.5 Å². The van der Waals surface area contributed by atoms with Gasteiger partial charge in [-0.25, -0.2) is 0 Å². The van der Waals surface area contributed by atoms with Crippen LogP contribution in [0.25, 0.3) is 0 Å². The molecule has 0 radical (unpaired) electrons. The lowest BCUT2D eigenvalue weighted by atomic mass is 10.1. The molecule has 1 amide bonds. The number of rotatable bonds is 4. The third-order valence-corrected chi connectivity index (χ3v) is 2.58. The summed E-state index contributed by atoms with van der Waals surface area (Å²) in [6.07, 6.45) is 3.77. The van der Waals surface area contributed by atoms with E-state index in [0.717, 1.165) is 5.56 Å². The van der Waals surface area contributed by atoms with Crippen molar-refractivity contribution in [2.75, 3.05) is 5.32 Å². The molecule has 0 aliphatic carbocycles. The quantitative estimate of drug-likeness (QED) is 0.854. The van der Waals surface area contributed by atoms with Crippen molar-refractivity contribution in [3.05, 3.63) is 60.4 Å². The average Bonchev–Trinajstić information content (AvgIpc) is 2.41. The monoisotopic (exact) mass is 241 g/mol. The zero-order valence-corrected chi connectivity index (χ0v) is 9.91. The maximum Gasteiger partial charge on any atom is 0.241 e. The molecule has 4 heteroatoms. The minimum atomic E-state index is -0.555. The molecular weight excluding hydrogens is 226 g/mol. The molecule has 2 rings (SSSR count). The van der Waals surface area contributed by atoms with Crippen molar-refractivity contribution < 1.29 is 4.79 Å². The van der Waals surface area contributed by atoms with Gasteiger partial charge >= 0.3 is 0 Å². The van der Waals surface area contributed by atoms with E-state index in [2.05, 4.69) is 10.3 Å². The largest absolute Gasteiger partial charge is 0.325 e. The predicted octanol–water partition coefficient (Wildman–Crippen LogP) is 1.59. The molecule has 1 atom stereocenters. The molecule has 0 saturated carbocycles. The van der Waals surface area contributed by atoms with Gasteiger partial charge in [0.15, 0.2) is 0 Å². The van der Waals surface area contributed by atoms with Crippen molar-refractivity contribution in [3.8, 4) is 0 Å². The summed E-state index contributed by atoms with van der Waals surface area (Å²) in [6.45, 7) is 0. The van der Waals surface area contributed by atoms with Crippen LogP contribution in [0.2, 0.25) is 0 Å². The molecule has 2 aromatic rings. The Morgan fingerprint density at radius 2 is 1.83 bits per heavy atom. The van der Waals surface area contributed by atoms with E-state index in [4.69, 9.17) is 5.73 Å². The molecule has 0 bridgehead atoms. The number of nitrogens with zero attached hydrogens (tertiary/aromatic N) is 1. The van der Waals surface area contributed by atoms with Crippen LogP contribution in [0.5, 0.6) is 0 Å². The standard InChI is InChI=1S/C14H15N3O/c15-13(10-11-4-2-1-3-5-11)14(18)17-12-6-8-16-9-7-12/h1-9,13H,10,15H2,(H,16,17,18)/t13-/m1/s1. The van der Waals surface area contributed by atoms with E-state index in [-0.39, 0.29) is 5.91 Å². The first-order valence-electron chi connectivity index (χ1n) is 5.76. The van der Waals surface area contributed by atoms with Gasteiger partial charge in [0.05, 0.1) is 6.04 Å². The van der Waals surface area contributed by atoms with Crippen LogP contribution in [0.1, 0.15) is 5.56 Å². The number of carbonyl (C=O) groups is 1. The average molecular weight is 241 g/mol. The number of aromatic nitrogens is 1. The lowest BCUT2D eigenvalue weighted by molar-refractivity contribution is -0.117. The van der Waals surface area contributed by atoms with Crippen LogP contribution in [0, 0.1) is 0 Å². The topological polar surface area (TPSA) is 68.0 Å². The third-order valence-electron chi connectivity index (χ3n) is 2.58. The highest BCUT2D eigenvalue weighted by molar-refractivity contribution is 5.94. The second kappa shape index (κ2) is 5.93. The zero-order valence-electron chi connectivity index (χ0n) is 9.91. The molecule has 4 nitrogen and oxygen atoms in total. The summed E-state index contributed by atoms with van der Waals surface area (Å²) in [4.78, 5) is 15.7. The number of nitrogens with one attached hydrogen (secondary N) is 1. The van der Waals surface area contributed by atoms with E-state index in [1.165, 1.54) is 0 Å². The van der Waals surface area contributed by atoms with Gasteiger partial charge in [-0.15, -0.1) is 0 Å². The Kier molecular flexibility index (Phi) is 4.04. The number of anilines is 1. The highest BCUT2D eigenvalue weighted by Crippen LogP contribution is 2.06. The molecule has 1 heterocycles. The summed E-state index contributed by atoms with van der Waals surface area (Å²) in [7, 11) is 0. The van der Waals surface area contributed by atoms with Gasteiger partial charge in [0.2, 0.25) is 5.91 Å². The Bertz CT molecular complexity index is 499. The van der Waals surface area contributed by atoms with Gasteiger partial charge < -0.3 is 11.1 Å². The summed E-state index contributed by atoms with van der Waals surface area (Å²) >= 11 is 0. The minimum absolute atomic E-state index is 0.190. The summed E-state index contributed by atoms with van der Waals surface area (Å²) in [5, 5.41) is 2.76. The van der Waals surface area contributed by atoms with Crippen molar-refractivity contribution in [2.24, 2.45) is 5.73 Å². The molecule has 0 spiro atoms. The number of nitrogens with two attached hydrogens (primary N) is 1. The molecule has 0 fully saturated rings. The molecule has 3 N–H and O–H groups in total. The summed E-state index contributed by atoms with van der Waals surface area (Å²) in [5.74, 6) is -0.190. The van der Waals surface area contributed by atoms with E-state index in [1.807, 2.05) is 30.3 Å². The maximum atomic E-state index is 11.9. The van der Waals surface area contributed by atoms with Crippen molar-refractivity contribution in [1.29, 1.82) is 0 Å². The molecule has 0 aliphatic rings. The smallest absolute Gasteiger partial charge is 0.241 e. The van der Waals surface area contributed by atoms with Crippen molar-refractivity contribution >= 4 is 11.6 Å². The number of hydrogen-bond acceptors (Lipinski definition) is 3. The molecule has 0 aliphatic heterocycles. The molecule has 92 valence electrons. The van der Waals surface area contributed by atoms with E-state index >= 15 is 0 Å². The second-order valence-corrected chi connectivity index (χ2v) is 4.02. The Labute approximate surface area is 106 Å². The summed E-state index contributed by atoms with van der Waals surface area (Å²) in [5.41, 5.74) is 7.63. The molecular formula is C14H15N3O. The van der Waals surface area contributed by atoms with E-state index in [0.29, 0.717) is 12.1 Å². The van der Waals surface area contributed by atoms with Gasteiger partial charge in [-0.3, -0.25) is 9.78 Å². The molecule has 1 aromatic carbocycles. The van der Waals surface area contributed by atoms with Gasteiger partial charge in [-0.2, -0.15) is 0 Å². The highest BCUT2D eigenvalue weighted by Gasteiger charge is 2.13. The number of hydrogen-bond donors (Lipinski definition) is 2. The van der Waals surface area contributed by atoms with Gasteiger partial charge in [0.1, 0.15) is 0 Å². The number of benzene rings is 1. The number of carbonyl (C=O) groups excluding carboxylic acids is 1. The fourth-order valence-electron chi connectivity index (χ4n) is 1.63. The molecule has 0 saturated heterocycles. The second-order valence-electron chi connectivity index (χ2n) is 4.02. The molecule has 0 unspecified atom stereocenters. The Hall–Kier alpha value is -2.20. The highest BCUT2D eigenvalue weighted by atomic mass is 16.2. The van der Waals surface area contributed by atoms with Crippen molar-refractivity contribution in [3.63, 3.8) is 0 Å². The Morgan fingerprint density at radius 3 is 2.50 bits per heavy atom. The Balaban J connectivity index is 1.93. The van der Waals surface area contributed by atoms with E-state index < -0.39 is 6.04 Å². The van der Waals surface area contributed by atoms with Crippen molar-refractivity contribution in [2.45, 2.75) is 12.5 Å². The third kappa shape index (κ3) is 3.40. The van der Waals surface area contributed by atoms with Crippen LogP contribution >= 0.6 is 0 Å². The van der Waals surface area contributed by atoms with Gasteiger partial charge in [-0.1, -0.05) is 30.3 Å². The van der Waals surface area contributed by atoms with E-state index in [9.17, 15) is 4.79 Å². The SMILES string of the molecule is N[C@H](Cc1ccccc1)C(=O)Nc1ccncc1. The van der Waals surface area contributed by atoms with Gasteiger partial charge in [-0.05, 0) is 24.1 Å². The predicted molar refractivity (Wildman–Crippen MR) is 71.0 cm³/mol. The van der Waals surface area contributed by atoms with Crippen LogP contribution < -0.4 is 11.1 Å². The lowest BCUT2D eigenvalue weighted by Gasteiger charge is -2.12. The normalized spacial score (nSPS) is 11.8. The molecule has 1 aromatic heterocycles. The first-order chi connectivity index (χ1) is 8.75. The number of amides is 1. The van der Waals surface area contributed by atoms with Crippen LogP contribution in [0.3, 0.4) is 0 Å². The lowest BCUT2D eigenvalue weighted by Crippen LogP contribution is -2.37. The number of pyridine rings is 1. The fourth-order valence-corrected chi connectivity index (χ4v) is 1.63. The van der Waals surface area contributed by atoms with Crippen LogP contribution in [-0.2, 0) is 11.2 Å². The van der Waals surface area contributed by atoms with Crippen LogP contribution in [0.15, 0.2) is 54.9 Å². The first-order valence-corrected chi connectivity index (χ1v) is 5.76. The fraction of sp³-hybridized carbons (Fsp3) is 0.143. The maximum absolute atomic E-state index is 11.9. The van der Waals surface area contributed by atoms with Gasteiger partial charge in [0.25, 0.3) is 0 Å². The summed E-state index contributed by atoms with van der Waals surface area (Å²) < 4.78 is 0. The first kappa shape index (κ1) is 12.3. The van der Waals surface area contributed by atoms with Gasteiger partial charge in [0, 0.05) is 18.1 Å². The van der Waals surface area contributed by atoms with Crippen molar-refractivity contribution in [1.82, 2.24) is 4.98 Å². The van der Waals surface area contributed by atoms with Crippen LogP contribution in [-0.4, -0.2) is 16.9 Å². The zero-order chi connectivity index (χ0) is 12.8. The Morgan fingerprint density at radius 1 is 1.17 bits per heavy atom. The summed E-state index contributed by atoms with van der Waals surface area (Å²) in [6, 6.07) is 12.6. The van der Waals surface area contributed by atoms with Crippen LogP contribution in [0.4, 0.5) is 5.69 Å². The molecule has 18 heavy (non-hydrogen) atoms. The minimum Gasteiger partial charge on any atom is -0.325 e.